The molecular formula is C28H24Cl3N5O. The number of aromatic nitrogens is 2. The van der Waals surface area contributed by atoms with Crippen LogP contribution in [-0.2, 0) is 4.79 Å². The molecule has 2 aliphatic rings. The quantitative estimate of drug-likeness (QED) is 0.375. The molecule has 2 N–H and O–H groups in total. The topological polar surface area (TPSA) is 87.9 Å². The number of ketones is 1. The van der Waals surface area contributed by atoms with Gasteiger partial charge in [-0.1, -0.05) is 54.7 Å². The Balaban J connectivity index is 1.77. The fourth-order valence-corrected chi connectivity index (χ4v) is 5.99. The molecule has 1 unspecified atom stereocenters. The summed E-state index contributed by atoms with van der Waals surface area (Å²) in [6, 6.07) is 16.6. The summed E-state index contributed by atoms with van der Waals surface area (Å²) in [7, 11) is 0. The number of nitriles is 1. The van der Waals surface area contributed by atoms with Crippen LogP contribution in [0.25, 0.3) is 5.69 Å². The van der Waals surface area contributed by atoms with E-state index in [9.17, 15) is 10.1 Å². The molecular weight excluding hydrogens is 529 g/mol. The molecule has 1 aromatic heterocycles. The molecule has 5 rings (SSSR count). The molecule has 2 aromatic carbocycles. The Labute approximate surface area is 230 Å². The van der Waals surface area contributed by atoms with Gasteiger partial charge in [0.1, 0.15) is 11.0 Å². The van der Waals surface area contributed by atoms with E-state index in [0.717, 1.165) is 11.4 Å². The van der Waals surface area contributed by atoms with E-state index in [-0.39, 0.29) is 22.6 Å². The molecule has 0 bridgehead atoms. The second-order valence-electron chi connectivity index (χ2n) is 10.1. The lowest BCUT2D eigenvalue weighted by Gasteiger charge is -2.43. The van der Waals surface area contributed by atoms with Crippen molar-refractivity contribution >= 4 is 46.3 Å². The smallest absolute Gasteiger partial charge is 0.162 e. The van der Waals surface area contributed by atoms with Crippen LogP contribution in [-0.4, -0.2) is 15.6 Å². The minimum Gasteiger partial charge on any atom is -0.384 e. The Morgan fingerprint density at radius 2 is 1.76 bits per heavy atom. The van der Waals surface area contributed by atoms with E-state index in [1.54, 1.807) is 35.0 Å². The van der Waals surface area contributed by atoms with Crippen LogP contribution in [0.15, 0.2) is 71.2 Å². The van der Waals surface area contributed by atoms with Gasteiger partial charge < -0.3 is 5.73 Å². The highest BCUT2D eigenvalue weighted by Crippen LogP contribution is 2.51. The second-order valence-corrected chi connectivity index (χ2v) is 11.4. The van der Waals surface area contributed by atoms with Gasteiger partial charge in [0.05, 0.1) is 28.9 Å². The largest absolute Gasteiger partial charge is 0.384 e. The average molecular weight is 553 g/mol. The molecule has 6 nitrogen and oxygen atoms in total. The van der Waals surface area contributed by atoms with Crippen molar-refractivity contribution < 1.29 is 4.79 Å². The Kier molecular flexibility index (Phi) is 6.35. The number of carbonyl (C=O) groups excluding carboxylic acids is 1. The highest BCUT2D eigenvalue weighted by molar-refractivity contribution is 6.31. The van der Waals surface area contributed by atoms with Crippen LogP contribution >= 0.6 is 34.8 Å². The molecule has 0 fully saturated rings. The van der Waals surface area contributed by atoms with Crippen molar-refractivity contribution in [1.82, 2.24) is 9.78 Å². The maximum Gasteiger partial charge on any atom is 0.162 e. The maximum absolute atomic E-state index is 13.8. The predicted molar refractivity (Wildman–Crippen MR) is 147 cm³/mol. The van der Waals surface area contributed by atoms with E-state index >= 15 is 0 Å². The molecule has 2 heterocycles. The average Bonchev–Trinajstić information content (AvgIpc) is 3.12. The summed E-state index contributed by atoms with van der Waals surface area (Å²) in [4.78, 5) is 15.6. The number of nitrogens with two attached hydrogens (primary N) is 1. The van der Waals surface area contributed by atoms with Crippen molar-refractivity contribution in [2.24, 2.45) is 11.1 Å². The molecule has 1 aliphatic carbocycles. The first kappa shape index (κ1) is 25.4. The van der Waals surface area contributed by atoms with Crippen LogP contribution < -0.4 is 10.6 Å². The zero-order valence-electron chi connectivity index (χ0n) is 20.5. The third-order valence-electron chi connectivity index (χ3n) is 6.86. The highest BCUT2D eigenvalue weighted by atomic mass is 35.5. The summed E-state index contributed by atoms with van der Waals surface area (Å²) in [5.74, 6) is -0.529. The monoisotopic (exact) mass is 551 g/mol. The van der Waals surface area contributed by atoms with Crippen molar-refractivity contribution in [3.63, 3.8) is 0 Å². The van der Waals surface area contributed by atoms with Crippen LogP contribution in [0.4, 0.5) is 5.69 Å². The molecule has 9 heteroatoms. The molecule has 3 aromatic rings. The normalized spacial score (nSPS) is 19.2. The van der Waals surface area contributed by atoms with Gasteiger partial charge in [-0.15, -0.1) is 0 Å². The van der Waals surface area contributed by atoms with Crippen molar-refractivity contribution in [3.8, 4) is 11.8 Å². The number of hydrogen-bond donors (Lipinski definition) is 1. The van der Waals surface area contributed by atoms with Crippen molar-refractivity contribution in [2.45, 2.75) is 39.5 Å². The van der Waals surface area contributed by atoms with Gasteiger partial charge in [0, 0.05) is 39.0 Å². The number of allylic oxidation sites excluding steroid dienone is 3. The Hall–Kier alpha value is -3.24. The van der Waals surface area contributed by atoms with Gasteiger partial charge in [-0.25, -0.2) is 4.68 Å². The minimum absolute atomic E-state index is 0.0403. The summed E-state index contributed by atoms with van der Waals surface area (Å²) in [6.07, 6.45) is 0.931. The standard InChI is InChI=1S/C28H24Cl3N5O/c1-15-23(26(31)36(34-15)19-6-4-5-17(30)11-19)24-20(14-32)27(33)35(18-9-7-16(29)8-10-18)21-12-28(2,3)13-22(37)25(21)24/h4-11,24H,12-13,33H2,1-3H3. The van der Waals surface area contributed by atoms with E-state index in [4.69, 9.17) is 40.5 Å². The van der Waals surface area contributed by atoms with Crippen molar-refractivity contribution in [1.29, 1.82) is 5.26 Å². The number of hydrogen-bond acceptors (Lipinski definition) is 5. The predicted octanol–water partition coefficient (Wildman–Crippen LogP) is 7.08. The Bertz CT molecular complexity index is 1540. The molecule has 0 saturated carbocycles. The summed E-state index contributed by atoms with van der Waals surface area (Å²) in [5.41, 5.74) is 10.5. The van der Waals surface area contributed by atoms with Gasteiger partial charge in [-0.3, -0.25) is 9.69 Å². The molecule has 1 atom stereocenters. The van der Waals surface area contributed by atoms with Crippen LogP contribution in [0.1, 0.15) is 43.9 Å². The van der Waals surface area contributed by atoms with Gasteiger partial charge >= 0.3 is 0 Å². The summed E-state index contributed by atoms with van der Waals surface area (Å²) in [5, 5.41) is 16.4. The van der Waals surface area contributed by atoms with Gasteiger partial charge in [0.25, 0.3) is 0 Å². The zero-order chi connectivity index (χ0) is 26.6. The summed E-state index contributed by atoms with van der Waals surface area (Å²) >= 11 is 19.3. The fraction of sp³-hybridized carbons (Fsp3) is 0.250. The molecule has 0 saturated heterocycles. The first-order valence-corrected chi connectivity index (χ1v) is 12.9. The van der Waals surface area contributed by atoms with Crippen molar-refractivity contribution in [2.75, 3.05) is 4.90 Å². The van der Waals surface area contributed by atoms with Crippen LogP contribution in [0, 0.1) is 23.7 Å². The van der Waals surface area contributed by atoms with Gasteiger partial charge in [-0.05, 0) is 61.2 Å². The molecule has 188 valence electrons. The van der Waals surface area contributed by atoms with E-state index in [2.05, 4.69) is 25.0 Å². The van der Waals surface area contributed by atoms with Gasteiger partial charge in [-0.2, -0.15) is 10.4 Å². The summed E-state index contributed by atoms with van der Waals surface area (Å²) < 4.78 is 1.58. The first-order chi connectivity index (χ1) is 17.5. The molecule has 0 radical (unpaired) electrons. The lowest BCUT2D eigenvalue weighted by Crippen LogP contribution is -2.42. The van der Waals surface area contributed by atoms with Gasteiger partial charge in [0.2, 0.25) is 0 Å². The molecule has 37 heavy (non-hydrogen) atoms. The number of aryl methyl sites for hydroxylation is 1. The van der Waals surface area contributed by atoms with E-state index in [1.807, 2.05) is 30.0 Å². The minimum atomic E-state index is -0.743. The Morgan fingerprint density at radius 1 is 1.05 bits per heavy atom. The second kappa shape index (κ2) is 9.25. The number of Topliss-reactive ketones (excluding diaryl/α,β-unsaturated/α-hetero) is 1. The maximum atomic E-state index is 13.8. The highest BCUT2D eigenvalue weighted by Gasteiger charge is 2.46. The van der Waals surface area contributed by atoms with E-state index in [0.29, 0.717) is 50.6 Å². The third kappa shape index (κ3) is 4.31. The van der Waals surface area contributed by atoms with Crippen LogP contribution in [0.2, 0.25) is 15.2 Å². The summed E-state index contributed by atoms with van der Waals surface area (Å²) in [6.45, 7) is 5.92. The number of halogens is 3. The van der Waals surface area contributed by atoms with Gasteiger partial charge in [0.15, 0.2) is 5.78 Å². The third-order valence-corrected chi connectivity index (χ3v) is 7.71. The Morgan fingerprint density at radius 3 is 2.41 bits per heavy atom. The van der Waals surface area contributed by atoms with Crippen LogP contribution in [0.5, 0.6) is 0 Å². The number of carbonyl (C=O) groups is 1. The van der Waals surface area contributed by atoms with Crippen LogP contribution in [0.3, 0.4) is 0 Å². The SMILES string of the molecule is Cc1nn(-c2cccc(Cl)c2)c(Cl)c1C1C(C#N)=C(N)N(c2ccc(Cl)cc2)C2=C1C(=O)CC(C)(C)C2. The first-order valence-electron chi connectivity index (χ1n) is 11.7. The number of benzene rings is 2. The van der Waals surface area contributed by atoms with E-state index < -0.39 is 5.92 Å². The number of rotatable bonds is 3. The lowest BCUT2D eigenvalue weighted by atomic mass is 9.68. The molecule has 0 amide bonds. The van der Waals surface area contributed by atoms with Crippen molar-refractivity contribution in [3.05, 3.63) is 97.7 Å². The van der Waals surface area contributed by atoms with E-state index in [1.165, 1.54) is 0 Å². The lowest BCUT2D eigenvalue weighted by molar-refractivity contribution is -0.118. The molecule has 0 spiro atoms. The fourth-order valence-electron chi connectivity index (χ4n) is 5.30. The molecule has 1 aliphatic heterocycles. The number of nitrogens with zero attached hydrogens (tertiary/aromatic N) is 4. The number of anilines is 1. The zero-order valence-corrected chi connectivity index (χ0v) is 22.8.